The van der Waals surface area contributed by atoms with Crippen LogP contribution in [0.5, 0.6) is 0 Å². The monoisotopic (exact) mass is 330 g/mol. The molecule has 3 aromatic rings. The zero-order chi connectivity index (χ0) is 17.5. The third-order valence-corrected chi connectivity index (χ3v) is 4.19. The molecule has 25 heavy (non-hydrogen) atoms. The molecule has 0 radical (unpaired) electrons. The Labute approximate surface area is 148 Å². The number of aryl methyl sites for hydroxylation is 1. The maximum Gasteiger partial charge on any atom is 0.319 e. The van der Waals surface area contributed by atoms with E-state index in [0.29, 0.717) is 6.54 Å². The van der Waals surface area contributed by atoms with E-state index in [0.717, 1.165) is 23.2 Å². The molecule has 0 saturated heterocycles. The first-order valence-electron chi connectivity index (χ1n) is 8.47. The molecule has 3 rings (SSSR count). The highest BCUT2D eigenvalue weighted by atomic mass is 16.2. The van der Waals surface area contributed by atoms with Crippen molar-refractivity contribution in [1.29, 1.82) is 0 Å². The van der Waals surface area contributed by atoms with Gasteiger partial charge in [-0.15, -0.1) is 0 Å². The van der Waals surface area contributed by atoms with Gasteiger partial charge in [0.25, 0.3) is 0 Å². The molecule has 2 N–H and O–H groups in total. The smallest absolute Gasteiger partial charge is 0.319 e. The Hall–Kier alpha value is -3.07. The minimum absolute atomic E-state index is 0.180. The Balaban J connectivity index is 1.50. The molecule has 0 saturated carbocycles. The van der Waals surface area contributed by atoms with Crippen LogP contribution < -0.4 is 10.6 Å². The van der Waals surface area contributed by atoms with Gasteiger partial charge in [-0.2, -0.15) is 0 Å². The Morgan fingerprint density at radius 3 is 2.16 bits per heavy atom. The second-order valence-corrected chi connectivity index (χ2v) is 6.00. The Morgan fingerprint density at radius 1 is 0.800 bits per heavy atom. The molecule has 3 nitrogen and oxygen atoms in total. The highest BCUT2D eigenvalue weighted by molar-refractivity contribution is 5.89. The van der Waals surface area contributed by atoms with E-state index < -0.39 is 0 Å². The summed E-state index contributed by atoms with van der Waals surface area (Å²) in [6.07, 6.45) is 0.826. The van der Waals surface area contributed by atoms with Gasteiger partial charge in [-0.25, -0.2) is 4.79 Å². The van der Waals surface area contributed by atoms with Gasteiger partial charge >= 0.3 is 6.03 Å². The summed E-state index contributed by atoms with van der Waals surface area (Å²) < 4.78 is 0. The van der Waals surface area contributed by atoms with Gasteiger partial charge in [-0.05, 0) is 47.7 Å². The average Bonchev–Trinajstić information content (AvgIpc) is 2.65. The van der Waals surface area contributed by atoms with Crippen LogP contribution in [-0.4, -0.2) is 12.6 Å². The zero-order valence-electron chi connectivity index (χ0n) is 14.3. The fraction of sp³-hybridized carbons (Fsp3) is 0.136. The largest absolute Gasteiger partial charge is 0.338 e. The summed E-state index contributed by atoms with van der Waals surface area (Å²) in [5.41, 5.74) is 5.59. The quantitative estimate of drug-likeness (QED) is 0.677. The van der Waals surface area contributed by atoms with E-state index in [1.54, 1.807) is 0 Å². The van der Waals surface area contributed by atoms with Crippen molar-refractivity contribution in [1.82, 2.24) is 5.32 Å². The van der Waals surface area contributed by atoms with Crippen molar-refractivity contribution < 1.29 is 4.79 Å². The first-order valence-corrected chi connectivity index (χ1v) is 8.47. The van der Waals surface area contributed by atoms with Gasteiger partial charge in [0.05, 0.1) is 0 Å². The van der Waals surface area contributed by atoms with Crippen molar-refractivity contribution in [3.63, 3.8) is 0 Å². The van der Waals surface area contributed by atoms with E-state index in [4.69, 9.17) is 0 Å². The number of hydrogen-bond acceptors (Lipinski definition) is 1. The van der Waals surface area contributed by atoms with Crippen LogP contribution in [0.4, 0.5) is 10.5 Å². The van der Waals surface area contributed by atoms with Gasteiger partial charge in [-0.1, -0.05) is 66.7 Å². The Kier molecular flexibility index (Phi) is 5.47. The number of nitrogens with one attached hydrogen (secondary N) is 2. The molecule has 0 aliphatic carbocycles. The molecule has 0 heterocycles. The molecule has 2 amide bonds. The minimum Gasteiger partial charge on any atom is -0.338 e. The summed E-state index contributed by atoms with van der Waals surface area (Å²) in [5, 5.41) is 5.77. The maximum atomic E-state index is 12.0. The lowest BCUT2D eigenvalue weighted by Gasteiger charge is -2.09. The SMILES string of the molecule is Cc1ccccc1CCNC(=O)Nc1ccc(-c2ccccc2)cc1. The van der Waals surface area contributed by atoms with Crippen molar-refractivity contribution in [2.45, 2.75) is 13.3 Å². The van der Waals surface area contributed by atoms with Crippen LogP contribution in [0.3, 0.4) is 0 Å². The molecule has 0 unspecified atom stereocenters. The molecule has 0 spiro atoms. The highest BCUT2D eigenvalue weighted by Crippen LogP contribution is 2.20. The van der Waals surface area contributed by atoms with E-state index in [2.05, 4.69) is 41.8 Å². The average molecular weight is 330 g/mol. The van der Waals surface area contributed by atoms with Crippen LogP contribution in [0, 0.1) is 6.92 Å². The van der Waals surface area contributed by atoms with Crippen LogP contribution in [0.15, 0.2) is 78.9 Å². The van der Waals surface area contributed by atoms with Gasteiger partial charge in [0.15, 0.2) is 0 Å². The predicted octanol–water partition coefficient (Wildman–Crippen LogP) is 5.03. The molecule has 3 aromatic carbocycles. The van der Waals surface area contributed by atoms with Gasteiger partial charge < -0.3 is 10.6 Å². The van der Waals surface area contributed by atoms with Gasteiger partial charge in [0, 0.05) is 12.2 Å². The van der Waals surface area contributed by atoms with Gasteiger partial charge in [0.2, 0.25) is 0 Å². The zero-order valence-corrected chi connectivity index (χ0v) is 14.3. The van der Waals surface area contributed by atoms with Crippen LogP contribution in [0.2, 0.25) is 0 Å². The molecule has 0 bridgehead atoms. The standard InChI is InChI=1S/C22H22N2O/c1-17-7-5-6-8-18(17)15-16-23-22(25)24-21-13-11-20(12-14-21)19-9-3-2-4-10-19/h2-14H,15-16H2,1H3,(H2,23,24,25). The minimum atomic E-state index is -0.180. The van der Waals surface area contributed by atoms with Crippen molar-refractivity contribution in [2.24, 2.45) is 0 Å². The van der Waals surface area contributed by atoms with E-state index >= 15 is 0 Å². The molecule has 126 valence electrons. The molecular weight excluding hydrogens is 308 g/mol. The van der Waals surface area contributed by atoms with Crippen molar-refractivity contribution in [3.05, 3.63) is 90.0 Å². The number of carbonyl (C=O) groups is 1. The lowest BCUT2D eigenvalue weighted by Crippen LogP contribution is -2.30. The fourth-order valence-electron chi connectivity index (χ4n) is 2.75. The van der Waals surface area contributed by atoms with E-state index in [-0.39, 0.29) is 6.03 Å². The van der Waals surface area contributed by atoms with Crippen LogP contribution in [0.1, 0.15) is 11.1 Å². The number of urea groups is 1. The van der Waals surface area contributed by atoms with Crippen LogP contribution >= 0.6 is 0 Å². The molecule has 3 heteroatoms. The molecule has 0 aliphatic heterocycles. The molecule has 0 atom stereocenters. The second kappa shape index (κ2) is 8.15. The van der Waals surface area contributed by atoms with Crippen LogP contribution in [-0.2, 0) is 6.42 Å². The topological polar surface area (TPSA) is 41.1 Å². The molecular formula is C22H22N2O. The number of anilines is 1. The van der Waals surface area contributed by atoms with E-state index in [9.17, 15) is 4.79 Å². The van der Waals surface area contributed by atoms with E-state index in [1.807, 2.05) is 54.6 Å². The Bertz CT molecular complexity index is 826. The second-order valence-electron chi connectivity index (χ2n) is 6.00. The summed E-state index contributed by atoms with van der Waals surface area (Å²) in [6, 6.07) is 26.1. The van der Waals surface area contributed by atoms with Gasteiger partial charge in [-0.3, -0.25) is 0 Å². The fourth-order valence-corrected chi connectivity index (χ4v) is 2.75. The Morgan fingerprint density at radius 2 is 1.44 bits per heavy atom. The third kappa shape index (κ3) is 4.70. The third-order valence-electron chi connectivity index (χ3n) is 4.19. The highest BCUT2D eigenvalue weighted by Gasteiger charge is 2.03. The van der Waals surface area contributed by atoms with Crippen LogP contribution in [0.25, 0.3) is 11.1 Å². The first kappa shape index (κ1) is 16.8. The molecule has 0 aromatic heterocycles. The summed E-state index contributed by atoms with van der Waals surface area (Å²) in [7, 11) is 0. The predicted molar refractivity (Wildman–Crippen MR) is 104 cm³/mol. The maximum absolute atomic E-state index is 12.0. The van der Waals surface area contributed by atoms with E-state index in [1.165, 1.54) is 11.1 Å². The van der Waals surface area contributed by atoms with Crippen molar-refractivity contribution in [2.75, 3.05) is 11.9 Å². The molecule has 0 fully saturated rings. The first-order chi connectivity index (χ1) is 12.2. The number of benzene rings is 3. The lowest BCUT2D eigenvalue weighted by atomic mass is 10.1. The van der Waals surface area contributed by atoms with Crippen molar-refractivity contribution >= 4 is 11.7 Å². The number of carbonyl (C=O) groups excluding carboxylic acids is 1. The normalized spacial score (nSPS) is 10.3. The summed E-state index contributed by atoms with van der Waals surface area (Å²) in [5.74, 6) is 0. The summed E-state index contributed by atoms with van der Waals surface area (Å²) in [6.45, 7) is 2.70. The van der Waals surface area contributed by atoms with Gasteiger partial charge in [0.1, 0.15) is 0 Å². The summed E-state index contributed by atoms with van der Waals surface area (Å²) in [4.78, 5) is 12.0. The summed E-state index contributed by atoms with van der Waals surface area (Å²) >= 11 is 0. The number of rotatable bonds is 5. The van der Waals surface area contributed by atoms with Crippen molar-refractivity contribution in [3.8, 4) is 11.1 Å². The number of amides is 2. The number of hydrogen-bond donors (Lipinski definition) is 2. The molecule has 0 aliphatic rings. The lowest BCUT2D eigenvalue weighted by molar-refractivity contribution is 0.252.